The summed E-state index contributed by atoms with van der Waals surface area (Å²) in [5, 5.41) is 9.86. The lowest BCUT2D eigenvalue weighted by atomic mass is 9.84. The van der Waals surface area contributed by atoms with Gasteiger partial charge in [0.15, 0.2) is 0 Å². The van der Waals surface area contributed by atoms with Gasteiger partial charge in [0.2, 0.25) is 11.8 Å². The van der Waals surface area contributed by atoms with E-state index in [-0.39, 0.29) is 48.3 Å². The molecule has 1 aromatic carbocycles. The second-order valence-corrected chi connectivity index (χ2v) is 9.77. The van der Waals surface area contributed by atoms with Crippen molar-refractivity contribution in [1.82, 2.24) is 14.8 Å². The number of aliphatic hydroxyl groups is 1. The average molecular weight is 482 g/mol. The molecule has 35 heavy (non-hydrogen) atoms. The van der Waals surface area contributed by atoms with E-state index < -0.39 is 0 Å². The van der Waals surface area contributed by atoms with Gasteiger partial charge in [-0.15, -0.1) is 0 Å². The number of carbonyl (C=O) groups is 2. The SMILES string of the molecule is COc1ccc(-c2cnc3c(c2)C(=O)N([C@H](C)CO)C[C@@H](C)[C@@H](CN(C)C(=O)C2CCC2)O3)cc1. The smallest absolute Gasteiger partial charge is 0.259 e. The monoisotopic (exact) mass is 481 g/mol. The molecule has 8 heteroatoms. The average Bonchev–Trinajstić information content (AvgIpc) is 2.84. The summed E-state index contributed by atoms with van der Waals surface area (Å²) in [5.41, 5.74) is 2.03. The Balaban J connectivity index is 1.67. The fourth-order valence-corrected chi connectivity index (χ4v) is 4.59. The van der Waals surface area contributed by atoms with Gasteiger partial charge in [-0.25, -0.2) is 4.98 Å². The molecular formula is C27H35N3O5. The normalized spacial score (nSPS) is 21.2. The first kappa shape index (κ1) is 25.0. The quantitative estimate of drug-likeness (QED) is 0.653. The molecule has 0 bridgehead atoms. The first-order chi connectivity index (χ1) is 16.8. The Kier molecular flexibility index (Phi) is 7.60. The molecule has 2 heterocycles. The summed E-state index contributed by atoms with van der Waals surface area (Å²) in [7, 11) is 3.43. The van der Waals surface area contributed by atoms with E-state index in [1.54, 1.807) is 29.2 Å². The highest BCUT2D eigenvalue weighted by Crippen LogP contribution is 2.32. The summed E-state index contributed by atoms with van der Waals surface area (Å²) in [5.74, 6) is 0.952. The molecule has 2 aromatic rings. The van der Waals surface area contributed by atoms with Crippen molar-refractivity contribution in [2.75, 3.05) is 33.9 Å². The molecule has 4 rings (SSSR count). The van der Waals surface area contributed by atoms with Gasteiger partial charge in [0, 0.05) is 37.2 Å². The van der Waals surface area contributed by atoms with E-state index in [4.69, 9.17) is 9.47 Å². The van der Waals surface area contributed by atoms with Gasteiger partial charge in [0.05, 0.1) is 26.3 Å². The molecule has 2 aliphatic rings. The van der Waals surface area contributed by atoms with Crippen molar-refractivity contribution < 1.29 is 24.2 Å². The van der Waals surface area contributed by atoms with E-state index in [0.29, 0.717) is 18.7 Å². The van der Waals surface area contributed by atoms with Crippen LogP contribution in [0.3, 0.4) is 0 Å². The van der Waals surface area contributed by atoms with Crippen LogP contribution in [0.1, 0.15) is 43.5 Å². The number of aliphatic hydroxyl groups excluding tert-OH is 1. The third-order valence-corrected chi connectivity index (χ3v) is 7.23. The van der Waals surface area contributed by atoms with E-state index in [2.05, 4.69) is 4.98 Å². The maximum atomic E-state index is 13.6. The Morgan fingerprint density at radius 1 is 1.29 bits per heavy atom. The first-order valence-electron chi connectivity index (χ1n) is 12.3. The zero-order valence-corrected chi connectivity index (χ0v) is 20.9. The largest absolute Gasteiger partial charge is 0.497 e. The molecule has 3 atom stereocenters. The Bertz CT molecular complexity index is 1050. The fourth-order valence-electron chi connectivity index (χ4n) is 4.59. The summed E-state index contributed by atoms with van der Waals surface area (Å²) in [4.78, 5) is 34.4. The predicted octanol–water partition coefficient (Wildman–Crippen LogP) is 3.24. The van der Waals surface area contributed by atoms with E-state index in [0.717, 1.165) is 36.1 Å². The van der Waals surface area contributed by atoms with Gasteiger partial charge in [-0.05, 0) is 43.5 Å². The summed E-state index contributed by atoms with van der Waals surface area (Å²) >= 11 is 0. The van der Waals surface area contributed by atoms with Crippen LogP contribution in [0.4, 0.5) is 0 Å². The van der Waals surface area contributed by atoms with Crippen molar-refractivity contribution in [2.24, 2.45) is 11.8 Å². The maximum absolute atomic E-state index is 13.6. The van der Waals surface area contributed by atoms with Gasteiger partial charge in [-0.2, -0.15) is 0 Å². The van der Waals surface area contributed by atoms with Crippen LogP contribution in [0.5, 0.6) is 11.6 Å². The molecule has 0 radical (unpaired) electrons. The Morgan fingerprint density at radius 3 is 2.60 bits per heavy atom. The van der Waals surface area contributed by atoms with Crippen LogP contribution >= 0.6 is 0 Å². The number of hydrogen-bond donors (Lipinski definition) is 1. The van der Waals surface area contributed by atoms with Gasteiger partial charge < -0.3 is 24.4 Å². The molecule has 1 saturated carbocycles. The highest BCUT2D eigenvalue weighted by Gasteiger charge is 2.36. The van der Waals surface area contributed by atoms with Crippen LogP contribution < -0.4 is 9.47 Å². The van der Waals surface area contributed by atoms with Crippen LogP contribution in [0.25, 0.3) is 11.1 Å². The summed E-state index contributed by atoms with van der Waals surface area (Å²) < 4.78 is 11.6. The molecule has 1 N–H and O–H groups in total. The van der Waals surface area contributed by atoms with Crippen molar-refractivity contribution in [1.29, 1.82) is 0 Å². The molecule has 1 fully saturated rings. The van der Waals surface area contributed by atoms with Crippen molar-refractivity contribution in [2.45, 2.75) is 45.3 Å². The first-order valence-corrected chi connectivity index (χ1v) is 12.3. The molecule has 0 unspecified atom stereocenters. The molecule has 1 aliphatic heterocycles. The minimum absolute atomic E-state index is 0.0687. The number of nitrogens with zero attached hydrogens (tertiary/aromatic N) is 3. The number of ether oxygens (including phenoxy) is 2. The number of rotatable bonds is 7. The van der Waals surface area contributed by atoms with E-state index in [1.165, 1.54) is 0 Å². The number of pyridine rings is 1. The van der Waals surface area contributed by atoms with Crippen molar-refractivity contribution in [3.8, 4) is 22.8 Å². The van der Waals surface area contributed by atoms with Crippen LogP contribution in [0.2, 0.25) is 0 Å². The standard InChI is InChI=1S/C27H35N3O5/c1-17-14-30(18(2)16-31)27(33)23-12-21(19-8-10-22(34-4)11-9-19)13-28-25(23)35-24(17)15-29(3)26(32)20-6-5-7-20/h8-13,17-18,20,24,31H,5-7,14-16H2,1-4H3/t17-,18-,24-/m1/s1. The van der Waals surface area contributed by atoms with E-state index in [1.807, 2.05) is 45.2 Å². The van der Waals surface area contributed by atoms with Crippen LogP contribution in [-0.4, -0.2) is 77.7 Å². The zero-order valence-electron chi connectivity index (χ0n) is 20.9. The zero-order chi connectivity index (χ0) is 25.1. The Labute approximate surface area is 206 Å². The fraction of sp³-hybridized carbons (Fsp3) is 0.519. The van der Waals surface area contributed by atoms with Crippen LogP contribution in [0, 0.1) is 11.8 Å². The van der Waals surface area contributed by atoms with Crippen LogP contribution in [-0.2, 0) is 4.79 Å². The lowest BCUT2D eigenvalue weighted by molar-refractivity contribution is -0.138. The van der Waals surface area contributed by atoms with Crippen molar-refractivity contribution >= 4 is 11.8 Å². The van der Waals surface area contributed by atoms with Crippen molar-refractivity contribution in [3.63, 3.8) is 0 Å². The van der Waals surface area contributed by atoms with E-state index >= 15 is 0 Å². The number of benzene rings is 1. The van der Waals surface area contributed by atoms with Gasteiger partial charge in [-0.1, -0.05) is 25.5 Å². The molecule has 188 valence electrons. The summed E-state index contributed by atoms with van der Waals surface area (Å²) in [6.07, 6.45) is 4.34. The number of hydrogen-bond acceptors (Lipinski definition) is 6. The highest BCUT2D eigenvalue weighted by atomic mass is 16.5. The number of aromatic nitrogens is 1. The van der Waals surface area contributed by atoms with Gasteiger partial charge >= 0.3 is 0 Å². The maximum Gasteiger partial charge on any atom is 0.259 e. The molecular weight excluding hydrogens is 446 g/mol. The number of carbonyl (C=O) groups excluding carboxylic acids is 2. The third kappa shape index (κ3) is 5.27. The molecule has 0 saturated heterocycles. The number of fused-ring (bicyclic) bond motifs is 1. The molecule has 0 spiro atoms. The molecule has 8 nitrogen and oxygen atoms in total. The minimum atomic E-state index is -0.365. The second kappa shape index (κ2) is 10.6. The van der Waals surface area contributed by atoms with Gasteiger partial charge in [-0.3, -0.25) is 9.59 Å². The number of methoxy groups -OCH3 is 1. The lowest BCUT2D eigenvalue weighted by Crippen LogP contribution is -2.51. The second-order valence-electron chi connectivity index (χ2n) is 9.77. The molecule has 2 amide bonds. The third-order valence-electron chi connectivity index (χ3n) is 7.23. The molecule has 1 aromatic heterocycles. The number of likely N-dealkylation sites (N-methyl/N-ethyl adjacent to an activating group) is 1. The Hall–Kier alpha value is -3.13. The topological polar surface area (TPSA) is 92.2 Å². The Morgan fingerprint density at radius 2 is 2.00 bits per heavy atom. The van der Waals surface area contributed by atoms with Gasteiger partial charge in [0.1, 0.15) is 17.4 Å². The van der Waals surface area contributed by atoms with Crippen molar-refractivity contribution in [3.05, 3.63) is 42.1 Å². The number of amides is 2. The van der Waals surface area contributed by atoms with Gasteiger partial charge in [0.25, 0.3) is 5.91 Å². The van der Waals surface area contributed by atoms with E-state index in [9.17, 15) is 14.7 Å². The predicted molar refractivity (Wildman–Crippen MR) is 132 cm³/mol. The molecule has 1 aliphatic carbocycles. The summed E-state index contributed by atoms with van der Waals surface area (Å²) in [6, 6.07) is 8.97. The minimum Gasteiger partial charge on any atom is -0.497 e. The highest BCUT2D eigenvalue weighted by molar-refractivity contribution is 5.98. The lowest BCUT2D eigenvalue weighted by Gasteiger charge is -2.38. The summed E-state index contributed by atoms with van der Waals surface area (Å²) in [6.45, 7) is 4.50. The van der Waals surface area contributed by atoms with Crippen LogP contribution in [0.15, 0.2) is 36.5 Å².